The summed E-state index contributed by atoms with van der Waals surface area (Å²) in [6.07, 6.45) is 0. The second-order valence-electron chi connectivity index (χ2n) is 4.10. The van der Waals surface area contributed by atoms with Gasteiger partial charge in [-0.2, -0.15) is 0 Å². The number of rotatable bonds is 1. The Labute approximate surface area is 102 Å². The average molecular weight is 249 g/mol. The fourth-order valence-corrected chi connectivity index (χ4v) is 2.96. The van der Waals surface area contributed by atoms with Crippen LogP contribution >= 0.6 is 11.3 Å². The molecule has 1 aromatic rings. The lowest BCUT2D eigenvalue weighted by Crippen LogP contribution is -2.44. The Hall–Kier alpha value is -1.82. The van der Waals surface area contributed by atoms with Crippen LogP contribution in [0.5, 0.6) is 0 Å². The Bertz CT molecular complexity index is 521. The van der Waals surface area contributed by atoms with Crippen molar-refractivity contribution < 1.29 is 9.59 Å². The van der Waals surface area contributed by atoms with Crippen LogP contribution in [0.2, 0.25) is 0 Å². The maximum Gasteiger partial charge on any atom is 0.319 e. The molecule has 17 heavy (non-hydrogen) atoms. The summed E-state index contributed by atoms with van der Waals surface area (Å²) in [6, 6.07) is 3.29. The lowest BCUT2D eigenvalue weighted by molar-refractivity contribution is -0.124. The Balaban J connectivity index is 2.06. The fraction of sp³-hybridized carbons (Fsp3) is 0.273. The monoisotopic (exact) mass is 249 g/mol. The number of likely N-dealkylation sites (N-methyl/N-ethyl adjacent to an activating group) is 1. The van der Waals surface area contributed by atoms with Gasteiger partial charge >= 0.3 is 6.03 Å². The van der Waals surface area contributed by atoms with Crippen LogP contribution in [-0.2, 0) is 4.79 Å². The van der Waals surface area contributed by atoms with Gasteiger partial charge in [0.05, 0.1) is 23.9 Å². The summed E-state index contributed by atoms with van der Waals surface area (Å²) in [4.78, 5) is 26.2. The third kappa shape index (κ3) is 1.52. The largest absolute Gasteiger partial charge is 0.336 e. The van der Waals surface area contributed by atoms with Gasteiger partial charge in [0, 0.05) is 11.9 Å². The van der Waals surface area contributed by atoms with Crippen LogP contribution < -0.4 is 10.6 Å². The summed E-state index contributed by atoms with van der Waals surface area (Å²) >= 11 is 1.54. The summed E-state index contributed by atoms with van der Waals surface area (Å²) < 4.78 is 0. The number of amides is 3. The molecule has 1 atom stereocenters. The first kappa shape index (κ1) is 10.3. The van der Waals surface area contributed by atoms with Crippen LogP contribution in [0.15, 0.2) is 28.8 Å². The van der Waals surface area contributed by atoms with Gasteiger partial charge in [-0.1, -0.05) is 6.07 Å². The van der Waals surface area contributed by atoms with E-state index in [-0.39, 0.29) is 18.0 Å². The standard InChI is InChI=1S/C11H11N3O2S/c1-14-5-6-8(10(14)15)9(13-11(16)12-6)7-3-2-4-17-7/h2-4,9H,5H2,1H3,(H2,12,13,16). The van der Waals surface area contributed by atoms with Gasteiger partial charge in [-0.05, 0) is 11.4 Å². The first-order valence-corrected chi connectivity index (χ1v) is 6.14. The molecule has 1 unspecified atom stereocenters. The van der Waals surface area contributed by atoms with Gasteiger partial charge in [-0.3, -0.25) is 4.79 Å². The van der Waals surface area contributed by atoms with Gasteiger partial charge < -0.3 is 15.5 Å². The molecule has 0 saturated heterocycles. The number of thiophene rings is 1. The number of nitrogens with zero attached hydrogens (tertiary/aromatic N) is 1. The fourth-order valence-electron chi connectivity index (χ4n) is 2.18. The van der Waals surface area contributed by atoms with Crippen molar-refractivity contribution in [1.29, 1.82) is 0 Å². The molecule has 3 amide bonds. The smallest absolute Gasteiger partial charge is 0.319 e. The normalized spacial score (nSPS) is 23.6. The molecular weight excluding hydrogens is 238 g/mol. The van der Waals surface area contributed by atoms with Crippen molar-refractivity contribution in [2.24, 2.45) is 0 Å². The van der Waals surface area contributed by atoms with Crippen LogP contribution in [0.25, 0.3) is 0 Å². The number of carbonyl (C=O) groups is 2. The molecule has 0 bridgehead atoms. The van der Waals surface area contributed by atoms with E-state index in [1.807, 2.05) is 17.5 Å². The number of carbonyl (C=O) groups excluding carboxylic acids is 2. The Morgan fingerprint density at radius 3 is 3.00 bits per heavy atom. The molecule has 5 nitrogen and oxygen atoms in total. The van der Waals surface area contributed by atoms with Crippen molar-refractivity contribution in [2.45, 2.75) is 6.04 Å². The Morgan fingerprint density at radius 2 is 2.29 bits per heavy atom. The van der Waals surface area contributed by atoms with Gasteiger partial charge in [0.1, 0.15) is 0 Å². The molecule has 2 aliphatic rings. The molecule has 0 radical (unpaired) electrons. The summed E-state index contributed by atoms with van der Waals surface area (Å²) in [5.41, 5.74) is 1.38. The predicted octanol–water partition coefficient (Wildman–Crippen LogP) is 0.828. The van der Waals surface area contributed by atoms with E-state index in [2.05, 4.69) is 10.6 Å². The number of nitrogens with one attached hydrogen (secondary N) is 2. The topological polar surface area (TPSA) is 61.4 Å². The van der Waals surface area contributed by atoms with Gasteiger partial charge in [0.15, 0.2) is 0 Å². The zero-order valence-electron chi connectivity index (χ0n) is 9.19. The van der Waals surface area contributed by atoms with E-state index >= 15 is 0 Å². The molecule has 0 aliphatic carbocycles. The van der Waals surface area contributed by atoms with E-state index in [1.165, 1.54) is 11.3 Å². The zero-order chi connectivity index (χ0) is 12.0. The van der Waals surface area contributed by atoms with Gasteiger partial charge in [0.25, 0.3) is 5.91 Å². The van der Waals surface area contributed by atoms with Gasteiger partial charge in [-0.15, -0.1) is 11.3 Å². The molecule has 88 valence electrons. The second-order valence-corrected chi connectivity index (χ2v) is 5.08. The van der Waals surface area contributed by atoms with E-state index in [9.17, 15) is 9.59 Å². The van der Waals surface area contributed by atoms with E-state index in [4.69, 9.17) is 0 Å². The lowest BCUT2D eigenvalue weighted by Gasteiger charge is -2.24. The van der Waals surface area contributed by atoms with Crippen LogP contribution in [0.1, 0.15) is 10.9 Å². The Morgan fingerprint density at radius 1 is 1.47 bits per heavy atom. The van der Waals surface area contributed by atoms with E-state index in [0.717, 1.165) is 10.6 Å². The quantitative estimate of drug-likeness (QED) is 0.774. The Kier molecular flexibility index (Phi) is 2.19. The van der Waals surface area contributed by atoms with E-state index in [0.29, 0.717) is 12.1 Å². The van der Waals surface area contributed by atoms with Gasteiger partial charge in [-0.25, -0.2) is 4.79 Å². The minimum Gasteiger partial charge on any atom is -0.336 e. The van der Waals surface area contributed by atoms with Crippen molar-refractivity contribution in [3.63, 3.8) is 0 Å². The average Bonchev–Trinajstić information content (AvgIpc) is 2.88. The zero-order valence-corrected chi connectivity index (χ0v) is 10.0. The minimum atomic E-state index is -0.309. The van der Waals surface area contributed by atoms with Crippen molar-refractivity contribution in [3.8, 4) is 0 Å². The molecule has 3 heterocycles. The highest BCUT2D eigenvalue weighted by Crippen LogP contribution is 2.33. The highest BCUT2D eigenvalue weighted by atomic mass is 32.1. The summed E-state index contributed by atoms with van der Waals surface area (Å²) in [5, 5.41) is 7.44. The SMILES string of the molecule is CN1CC2=C(C1=O)C(c1cccs1)NC(=O)N2. The van der Waals surface area contributed by atoms with Crippen molar-refractivity contribution in [1.82, 2.24) is 15.5 Å². The highest BCUT2D eigenvalue weighted by molar-refractivity contribution is 7.10. The third-order valence-corrected chi connectivity index (χ3v) is 3.89. The summed E-state index contributed by atoms with van der Waals surface area (Å²) in [5.74, 6) is -0.0223. The van der Waals surface area contributed by atoms with Crippen LogP contribution in [0, 0.1) is 0 Å². The summed E-state index contributed by atoms with van der Waals surface area (Å²) in [6.45, 7) is 0.476. The van der Waals surface area contributed by atoms with Crippen molar-refractivity contribution in [2.75, 3.05) is 13.6 Å². The minimum absolute atomic E-state index is 0.0223. The molecule has 0 aromatic carbocycles. The lowest BCUT2D eigenvalue weighted by atomic mass is 10.0. The maximum absolute atomic E-state index is 12.0. The molecular formula is C11H11N3O2S. The van der Waals surface area contributed by atoms with E-state index < -0.39 is 0 Å². The van der Waals surface area contributed by atoms with E-state index in [1.54, 1.807) is 11.9 Å². The molecule has 6 heteroatoms. The van der Waals surface area contributed by atoms with Crippen LogP contribution in [-0.4, -0.2) is 30.4 Å². The van der Waals surface area contributed by atoms with Crippen molar-refractivity contribution >= 4 is 23.3 Å². The predicted molar refractivity (Wildman–Crippen MR) is 63.4 cm³/mol. The summed E-state index contributed by atoms with van der Waals surface area (Å²) in [7, 11) is 1.73. The molecule has 2 aliphatic heterocycles. The van der Waals surface area contributed by atoms with Gasteiger partial charge in [0.2, 0.25) is 0 Å². The molecule has 3 rings (SSSR count). The molecule has 0 spiro atoms. The second kappa shape index (κ2) is 3.59. The van der Waals surface area contributed by atoms with Crippen molar-refractivity contribution in [3.05, 3.63) is 33.7 Å². The first-order valence-electron chi connectivity index (χ1n) is 5.26. The molecule has 0 fully saturated rings. The van der Waals surface area contributed by atoms with Crippen LogP contribution in [0.4, 0.5) is 4.79 Å². The highest BCUT2D eigenvalue weighted by Gasteiger charge is 2.39. The molecule has 1 aromatic heterocycles. The number of urea groups is 1. The number of hydrogen-bond donors (Lipinski definition) is 2. The maximum atomic E-state index is 12.0. The molecule has 2 N–H and O–H groups in total. The van der Waals surface area contributed by atoms with Crippen LogP contribution in [0.3, 0.4) is 0 Å². The first-order chi connectivity index (χ1) is 8.16. The third-order valence-electron chi connectivity index (χ3n) is 2.95. The number of hydrogen-bond acceptors (Lipinski definition) is 3. The molecule has 0 saturated carbocycles.